The van der Waals surface area contributed by atoms with Crippen LogP contribution in [0.2, 0.25) is 0 Å². The molecule has 0 aliphatic heterocycles. The van der Waals surface area contributed by atoms with Crippen molar-refractivity contribution in [2.24, 2.45) is 0 Å². The highest BCUT2D eigenvalue weighted by atomic mass is 32.1. The minimum absolute atomic E-state index is 0.0604. The van der Waals surface area contributed by atoms with Gasteiger partial charge in [-0.2, -0.15) is 0 Å². The van der Waals surface area contributed by atoms with Crippen molar-refractivity contribution in [3.8, 4) is 5.75 Å². The van der Waals surface area contributed by atoms with Gasteiger partial charge in [0.05, 0.1) is 5.56 Å². The third kappa shape index (κ3) is 4.95. The topological polar surface area (TPSA) is 92.9 Å². The molecule has 7 nitrogen and oxygen atoms in total. The first-order valence-corrected chi connectivity index (χ1v) is 7.43. The highest BCUT2D eigenvalue weighted by Gasteiger charge is 2.25. The molecule has 2 aromatic carbocycles. The summed E-state index contributed by atoms with van der Waals surface area (Å²) in [5.41, 5.74) is 0.710. The Balaban J connectivity index is 2.32. The van der Waals surface area contributed by atoms with Gasteiger partial charge in [0.2, 0.25) is 0 Å². The average Bonchev–Trinajstić information content (AvgIpc) is 2.58. The maximum atomic E-state index is 13.4. The summed E-state index contributed by atoms with van der Waals surface area (Å²) in [6, 6.07) is 11.9. The molecule has 2 aromatic rings. The molecule has 0 unspecified atom stereocenters. The van der Waals surface area contributed by atoms with Gasteiger partial charge in [0.25, 0.3) is 0 Å². The Labute approximate surface area is 147 Å². The number of nitrogens with zero attached hydrogens (tertiary/aromatic N) is 2. The molecule has 25 heavy (non-hydrogen) atoms. The van der Waals surface area contributed by atoms with Gasteiger partial charge < -0.3 is 9.84 Å². The lowest BCUT2D eigenvalue weighted by atomic mass is 10.1. The highest BCUT2D eigenvalue weighted by molar-refractivity contribution is 7.80. The van der Waals surface area contributed by atoms with E-state index in [1.54, 1.807) is 30.3 Å². The first kappa shape index (κ1) is 18.3. The Bertz CT molecular complexity index is 800. The number of hydrogen-bond donors (Lipinski definition) is 1. The summed E-state index contributed by atoms with van der Waals surface area (Å²) in [5.74, 6) is -2.12. The number of ether oxygens (including phenoxy) is 1. The lowest BCUT2D eigenvalue weighted by Gasteiger charge is -2.17. The molecule has 0 aromatic heterocycles. The van der Waals surface area contributed by atoms with E-state index in [2.05, 4.69) is 0 Å². The molecular weight excluding hydrogens is 351 g/mol. The molecule has 0 radical (unpaired) electrons. The van der Waals surface area contributed by atoms with Crippen LogP contribution in [-0.4, -0.2) is 32.7 Å². The average molecular weight is 364 g/mol. The normalized spacial score (nSPS) is 10.1. The molecule has 0 aliphatic carbocycles. The second-order valence-corrected chi connectivity index (χ2v) is 5.30. The lowest BCUT2D eigenvalue weighted by molar-refractivity contribution is -0.631. The van der Waals surface area contributed by atoms with E-state index in [0.717, 1.165) is 12.1 Å². The molecular formula is C16H13FN2O5S. The van der Waals surface area contributed by atoms with Gasteiger partial charge in [0, 0.05) is 6.07 Å². The molecule has 2 rings (SSSR count). The second-order valence-electron chi connectivity index (χ2n) is 4.91. The van der Waals surface area contributed by atoms with Crippen LogP contribution in [0.25, 0.3) is 0 Å². The Kier molecular flexibility index (Phi) is 5.96. The highest BCUT2D eigenvalue weighted by Crippen LogP contribution is 2.23. The van der Waals surface area contributed by atoms with Crippen LogP contribution in [-0.2, 0) is 11.3 Å². The van der Waals surface area contributed by atoms with E-state index in [0.29, 0.717) is 10.6 Å². The van der Waals surface area contributed by atoms with Gasteiger partial charge in [-0.05, 0) is 17.7 Å². The van der Waals surface area contributed by atoms with Crippen LogP contribution in [0.15, 0.2) is 48.5 Å². The summed E-state index contributed by atoms with van der Waals surface area (Å²) < 4.78 is 18.4. The van der Waals surface area contributed by atoms with Gasteiger partial charge in [-0.3, -0.25) is 0 Å². The summed E-state index contributed by atoms with van der Waals surface area (Å²) in [6.45, 7) is -0.835. The number of nitro groups is 1. The molecule has 0 saturated carbocycles. The first-order chi connectivity index (χ1) is 11.9. The summed E-state index contributed by atoms with van der Waals surface area (Å²) in [4.78, 5) is 21.8. The monoisotopic (exact) mass is 364 g/mol. The Morgan fingerprint density at radius 1 is 1.28 bits per heavy atom. The molecule has 130 valence electrons. The van der Waals surface area contributed by atoms with Gasteiger partial charge >= 0.3 is 5.97 Å². The zero-order chi connectivity index (χ0) is 18.4. The van der Waals surface area contributed by atoms with Gasteiger partial charge in [-0.25, -0.2) is 19.3 Å². The zero-order valence-electron chi connectivity index (χ0n) is 12.8. The second kappa shape index (κ2) is 8.15. The van der Waals surface area contributed by atoms with Crippen LogP contribution in [0.1, 0.15) is 11.1 Å². The van der Waals surface area contributed by atoms with E-state index in [1.807, 2.05) is 0 Å². The molecule has 0 heterocycles. The SMILES string of the molecule is O=C(O)COc1cc(F)ccc1C(=S)N(Cc1ccccc1)[N+](=O)[O-]. The van der Waals surface area contributed by atoms with Gasteiger partial charge in [-0.1, -0.05) is 47.6 Å². The molecule has 0 saturated heterocycles. The maximum absolute atomic E-state index is 13.4. The Hall–Kier alpha value is -3.07. The van der Waals surface area contributed by atoms with Crippen molar-refractivity contribution in [2.75, 3.05) is 6.61 Å². The molecule has 1 N–H and O–H groups in total. The number of thiocarbonyl (C=S) groups is 1. The van der Waals surface area contributed by atoms with Crippen LogP contribution in [0, 0.1) is 15.9 Å². The van der Waals surface area contributed by atoms with E-state index in [4.69, 9.17) is 22.1 Å². The third-order valence-corrected chi connectivity index (χ3v) is 3.56. The van der Waals surface area contributed by atoms with Crippen molar-refractivity contribution in [1.82, 2.24) is 5.01 Å². The van der Waals surface area contributed by atoms with Crippen LogP contribution in [0.3, 0.4) is 0 Å². The molecule has 0 bridgehead atoms. The molecule has 0 amide bonds. The Morgan fingerprint density at radius 3 is 2.56 bits per heavy atom. The van der Waals surface area contributed by atoms with Crippen molar-refractivity contribution >= 4 is 23.2 Å². The first-order valence-electron chi connectivity index (χ1n) is 7.02. The number of halogens is 1. The fraction of sp³-hybridized carbons (Fsp3) is 0.125. The third-order valence-electron chi connectivity index (χ3n) is 3.13. The minimum Gasteiger partial charge on any atom is -0.481 e. The van der Waals surface area contributed by atoms with Crippen LogP contribution in [0.5, 0.6) is 5.75 Å². The Morgan fingerprint density at radius 2 is 1.96 bits per heavy atom. The van der Waals surface area contributed by atoms with Crippen molar-refractivity contribution in [3.05, 3.63) is 75.6 Å². The fourth-order valence-corrected chi connectivity index (χ4v) is 2.33. The maximum Gasteiger partial charge on any atom is 0.341 e. The number of benzene rings is 2. The molecule has 0 fully saturated rings. The van der Waals surface area contributed by atoms with Crippen LogP contribution >= 0.6 is 12.2 Å². The number of hydrazine groups is 1. The van der Waals surface area contributed by atoms with E-state index in [9.17, 15) is 19.3 Å². The molecule has 0 atom stereocenters. The quantitative estimate of drug-likeness (QED) is 0.459. The number of aliphatic carboxylic acids is 1. The van der Waals surface area contributed by atoms with Crippen LogP contribution < -0.4 is 4.74 Å². The fourth-order valence-electron chi connectivity index (χ4n) is 2.03. The number of carboxylic acid groups (broad SMARTS) is 1. The zero-order valence-corrected chi connectivity index (χ0v) is 13.6. The van der Waals surface area contributed by atoms with Gasteiger partial charge in [-0.15, -0.1) is 0 Å². The number of carbonyl (C=O) groups is 1. The molecule has 9 heteroatoms. The number of rotatable bonds is 7. The van der Waals surface area contributed by atoms with Crippen molar-refractivity contribution in [2.45, 2.75) is 6.54 Å². The predicted molar refractivity (Wildman–Crippen MR) is 90.2 cm³/mol. The summed E-state index contributed by atoms with van der Waals surface area (Å²) in [6.07, 6.45) is 0. The largest absolute Gasteiger partial charge is 0.481 e. The smallest absolute Gasteiger partial charge is 0.341 e. The minimum atomic E-state index is -1.27. The van der Waals surface area contributed by atoms with Gasteiger partial charge in [0.1, 0.15) is 18.1 Å². The van der Waals surface area contributed by atoms with Crippen LogP contribution in [0.4, 0.5) is 4.39 Å². The van der Waals surface area contributed by atoms with Gasteiger partial charge in [0.15, 0.2) is 16.6 Å². The molecule has 0 spiro atoms. The van der Waals surface area contributed by atoms with E-state index in [1.165, 1.54) is 6.07 Å². The lowest BCUT2D eigenvalue weighted by Crippen LogP contribution is -2.35. The standard InChI is InChI=1S/C16H13FN2O5S/c17-12-6-7-13(14(8-12)24-10-15(20)21)16(25)18(19(22)23)9-11-4-2-1-3-5-11/h1-8H,9-10H2,(H,20,21). The summed E-state index contributed by atoms with van der Waals surface area (Å²) in [7, 11) is 0. The number of carboxylic acids is 1. The van der Waals surface area contributed by atoms with E-state index in [-0.39, 0.29) is 22.8 Å². The van der Waals surface area contributed by atoms with E-state index >= 15 is 0 Å². The molecule has 0 aliphatic rings. The van der Waals surface area contributed by atoms with Crippen molar-refractivity contribution in [3.63, 3.8) is 0 Å². The van der Waals surface area contributed by atoms with Crippen molar-refractivity contribution in [1.29, 1.82) is 0 Å². The van der Waals surface area contributed by atoms with E-state index < -0.39 is 23.4 Å². The summed E-state index contributed by atoms with van der Waals surface area (Å²) in [5, 5.41) is 20.1. The summed E-state index contributed by atoms with van der Waals surface area (Å²) >= 11 is 5.16. The predicted octanol–water partition coefficient (Wildman–Crippen LogP) is 2.66. The van der Waals surface area contributed by atoms with Crippen molar-refractivity contribution < 1.29 is 24.1 Å². The number of hydrogen-bond acceptors (Lipinski definition) is 5.